The number of alkyl halides is 3. The van der Waals surface area contributed by atoms with E-state index in [1.54, 1.807) is 0 Å². The summed E-state index contributed by atoms with van der Waals surface area (Å²) in [5, 5.41) is 2.53. The molecule has 0 saturated heterocycles. The summed E-state index contributed by atoms with van der Waals surface area (Å²) in [6.45, 7) is 1.41. The Morgan fingerprint density at radius 3 is 2.38 bits per heavy atom. The number of nitrogens with one attached hydrogen (secondary N) is 1. The zero-order valence-electron chi connectivity index (χ0n) is 7.11. The second-order valence-corrected chi connectivity index (χ2v) is 2.43. The third kappa shape index (κ3) is 2.30. The van der Waals surface area contributed by atoms with Crippen molar-refractivity contribution in [3.63, 3.8) is 0 Å². The molecule has 1 rings (SSSR count). The van der Waals surface area contributed by atoms with Gasteiger partial charge in [0.2, 0.25) is 0 Å². The van der Waals surface area contributed by atoms with E-state index in [-0.39, 0.29) is 11.6 Å². The van der Waals surface area contributed by atoms with E-state index in [1.807, 2.05) is 0 Å². The first kappa shape index (κ1) is 9.76. The summed E-state index contributed by atoms with van der Waals surface area (Å²) in [5.41, 5.74) is -0.927. The van der Waals surface area contributed by atoms with Gasteiger partial charge < -0.3 is 5.32 Å². The zero-order chi connectivity index (χ0) is 10.1. The highest BCUT2D eigenvalue weighted by molar-refractivity contribution is 5.35. The lowest BCUT2D eigenvalue weighted by Gasteiger charge is -2.07. The molecule has 0 spiro atoms. The highest BCUT2D eigenvalue weighted by Gasteiger charge is 2.33. The fourth-order valence-corrected chi connectivity index (χ4v) is 0.841. The average Bonchev–Trinajstić information content (AvgIpc) is 2.01. The van der Waals surface area contributed by atoms with Gasteiger partial charge in [0.15, 0.2) is 0 Å². The fourth-order valence-electron chi connectivity index (χ4n) is 0.841. The maximum atomic E-state index is 12.2. The fraction of sp³-hybridized carbons (Fsp3) is 0.429. The summed E-state index contributed by atoms with van der Waals surface area (Å²) < 4.78 is 36.5. The van der Waals surface area contributed by atoms with Gasteiger partial charge in [0.25, 0.3) is 0 Å². The molecule has 1 heterocycles. The summed E-state index contributed by atoms with van der Waals surface area (Å²) in [6, 6.07) is 0.868. The van der Waals surface area contributed by atoms with Gasteiger partial charge >= 0.3 is 6.18 Å². The van der Waals surface area contributed by atoms with E-state index in [2.05, 4.69) is 15.3 Å². The molecule has 3 nitrogen and oxygen atoms in total. The van der Waals surface area contributed by atoms with Crippen LogP contribution in [0.2, 0.25) is 0 Å². The van der Waals surface area contributed by atoms with E-state index in [9.17, 15) is 13.2 Å². The van der Waals surface area contributed by atoms with Gasteiger partial charge in [-0.25, -0.2) is 9.97 Å². The second kappa shape index (κ2) is 3.20. The van der Waals surface area contributed by atoms with Crippen molar-refractivity contribution in [2.75, 3.05) is 12.4 Å². The lowest BCUT2D eigenvalue weighted by molar-refractivity contribution is -0.141. The van der Waals surface area contributed by atoms with Crippen LogP contribution >= 0.6 is 0 Å². The number of hydrogen-bond donors (Lipinski definition) is 1. The molecule has 0 fully saturated rings. The Kier molecular flexibility index (Phi) is 2.40. The zero-order valence-corrected chi connectivity index (χ0v) is 7.11. The molecule has 0 saturated carbocycles. The van der Waals surface area contributed by atoms with Crippen molar-refractivity contribution in [2.45, 2.75) is 13.1 Å². The Hall–Kier alpha value is -1.33. The molecule has 0 aliphatic heterocycles. The first-order chi connectivity index (χ1) is 5.93. The lowest BCUT2D eigenvalue weighted by atomic mass is 10.3. The molecule has 13 heavy (non-hydrogen) atoms. The second-order valence-electron chi connectivity index (χ2n) is 2.43. The van der Waals surface area contributed by atoms with Gasteiger partial charge in [0.05, 0.1) is 0 Å². The molecule has 0 bridgehead atoms. The first-order valence-electron chi connectivity index (χ1n) is 3.54. The Labute approximate surface area is 73.0 Å². The number of aromatic nitrogens is 2. The Morgan fingerprint density at radius 1 is 1.31 bits per heavy atom. The quantitative estimate of drug-likeness (QED) is 0.736. The van der Waals surface area contributed by atoms with Crippen LogP contribution in [0.25, 0.3) is 0 Å². The Balaban J connectivity index is 3.16. The monoisotopic (exact) mass is 191 g/mol. The van der Waals surface area contributed by atoms with Crippen molar-refractivity contribution < 1.29 is 13.2 Å². The molecular weight excluding hydrogens is 183 g/mol. The molecule has 1 aromatic rings. The normalized spacial score (nSPS) is 11.5. The average molecular weight is 191 g/mol. The molecule has 0 unspecified atom stereocenters. The minimum Gasteiger partial charge on any atom is -0.373 e. The summed E-state index contributed by atoms with van der Waals surface area (Å²) in [5.74, 6) is 0.263. The van der Waals surface area contributed by atoms with E-state index in [1.165, 1.54) is 14.0 Å². The standard InChI is InChI=1S/C7H8F3N3/c1-4-12-5(7(8,9)10)3-6(11-2)13-4/h3H,1-2H3,(H,11,12,13). The number of halogens is 3. The molecule has 0 amide bonds. The van der Waals surface area contributed by atoms with E-state index in [0.29, 0.717) is 0 Å². The predicted octanol–water partition coefficient (Wildman–Crippen LogP) is 1.85. The summed E-state index contributed by atoms with van der Waals surface area (Å²) in [4.78, 5) is 7.02. The van der Waals surface area contributed by atoms with Gasteiger partial charge in [-0.1, -0.05) is 0 Å². The van der Waals surface area contributed by atoms with Crippen LogP contribution in [0.15, 0.2) is 6.07 Å². The molecule has 1 aromatic heterocycles. The molecule has 1 N–H and O–H groups in total. The highest BCUT2D eigenvalue weighted by atomic mass is 19.4. The van der Waals surface area contributed by atoms with E-state index < -0.39 is 11.9 Å². The number of anilines is 1. The van der Waals surface area contributed by atoms with Crippen molar-refractivity contribution >= 4 is 5.82 Å². The summed E-state index contributed by atoms with van der Waals surface area (Å²) in [6.07, 6.45) is -4.42. The molecule has 0 aliphatic rings. The van der Waals surface area contributed by atoms with Crippen LogP contribution in [-0.2, 0) is 6.18 Å². The number of rotatable bonds is 1. The van der Waals surface area contributed by atoms with Crippen LogP contribution in [0.1, 0.15) is 11.5 Å². The molecular formula is C7H8F3N3. The van der Waals surface area contributed by atoms with Crippen LogP contribution in [0.3, 0.4) is 0 Å². The topological polar surface area (TPSA) is 37.8 Å². The molecule has 0 aliphatic carbocycles. The van der Waals surface area contributed by atoms with Gasteiger partial charge in [-0.3, -0.25) is 0 Å². The smallest absolute Gasteiger partial charge is 0.373 e. The first-order valence-corrected chi connectivity index (χ1v) is 3.54. The molecule has 0 aromatic carbocycles. The summed E-state index contributed by atoms with van der Waals surface area (Å²) >= 11 is 0. The van der Waals surface area contributed by atoms with Crippen molar-refractivity contribution in [2.24, 2.45) is 0 Å². The van der Waals surface area contributed by atoms with Gasteiger partial charge in [-0.15, -0.1) is 0 Å². The van der Waals surface area contributed by atoms with E-state index in [4.69, 9.17) is 0 Å². The number of aryl methyl sites for hydroxylation is 1. The maximum absolute atomic E-state index is 12.2. The molecule has 0 atom stereocenters. The van der Waals surface area contributed by atoms with Crippen molar-refractivity contribution in [1.29, 1.82) is 0 Å². The summed E-state index contributed by atoms with van der Waals surface area (Å²) in [7, 11) is 1.50. The molecule has 72 valence electrons. The van der Waals surface area contributed by atoms with Crippen LogP contribution in [0.5, 0.6) is 0 Å². The lowest BCUT2D eigenvalue weighted by Crippen LogP contribution is -2.11. The van der Waals surface area contributed by atoms with Crippen LogP contribution in [-0.4, -0.2) is 17.0 Å². The highest BCUT2D eigenvalue weighted by Crippen LogP contribution is 2.28. The van der Waals surface area contributed by atoms with E-state index in [0.717, 1.165) is 6.07 Å². The Bertz CT molecular complexity index is 308. The van der Waals surface area contributed by atoms with Crippen molar-refractivity contribution in [3.8, 4) is 0 Å². The number of hydrogen-bond acceptors (Lipinski definition) is 3. The van der Waals surface area contributed by atoms with Gasteiger partial charge in [-0.2, -0.15) is 13.2 Å². The van der Waals surface area contributed by atoms with Crippen LogP contribution in [0, 0.1) is 6.92 Å². The van der Waals surface area contributed by atoms with Gasteiger partial charge in [0, 0.05) is 13.1 Å². The van der Waals surface area contributed by atoms with Gasteiger partial charge in [0.1, 0.15) is 17.3 Å². The van der Waals surface area contributed by atoms with Crippen molar-refractivity contribution in [3.05, 3.63) is 17.6 Å². The SMILES string of the molecule is CNc1cc(C(F)(F)F)nc(C)n1. The van der Waals surface area contributed by atoms with Crippen LogP contribution < -0.4 is 5.32 Å². The van der Waals surface area contributed by atoms with E-state index >= 15 is 0 Å². The minimum absolute atomic E-state index is 0.0965. The molecule has 0 radical (unpaired) electrons. The molecule has 6 heteroatoms. The largest absolute Gasteiger partial charge is 0.433 e. The predicted molar refractivity (Wildman–Crippen MR) is 41.3 cm³/mol. The van der Waals surface area contributed by atoms with Gasteiger partial charge in [-0.05, 0) is 6.92 Å². The van der Waals surface area contributed by atoms with Crippen molar-refractivity contribution in [1.82, 2.24) is 9.97 Å². The third-order valence-electron chi connectivity index (χ3n) is 1.38. The third-order valence-corrected chi connectivity index (χ3v) is 1.38. The Morgan fingerprint density at radius 2 is 1.92 bits per heavy atom. The number of nitrogens with zero attached hydrogens (tertiary/aromatic N) is 2. The maximum Gasteiger partial charge on any atom is 0.433 e. The van der Waals surface area contributed by atoms with Crippen LogP contribution in [0.4, 0.5) is 19.0 Å². The minimum atomic E-state index is -4.42.